The number of hydrogen-bond acceptors (Lipinski definition) is 4. The Kier molecular flexibility index (Phi) is 5.97. The van der Waals surface area contributed by atoms with Crippen molar-refractivity contribution in [3.63, 3.8) is 0 Å². The number of carbonyl (C=O) groups excluding carboxylic acids is 1. The highest BCUT2D eigenvalue weighted by Crippen LogP contribution is 2.33. The summed E-state index contributed by atoms with van der Waals surface area (Å²) in [7, 11) is 1.64. The van der Waals surface area contributed by atoms with Crippen LogP contribution in [0.2, 0.25) is 0 Å². The zero-order chi connectivity index (χ0) is 16.1. The molecule has 0 aliphatic rings. The normalized spacial score (nSPS) is 10.8. The van der Waals surface area contributed by atoms with Gasteiger partial charge in [0.15, 0.2) is 5.78 Å². The lowest BCUT2D eigenvalue weighted by molar-refractivity contribution is -0.136. The second-order valence-corrected chi connectivity index (χ2v) is 6.80. The molecule has 2 rings (SSSR count). The van der Waals surface area contributed by atoms with Crippen LogP contribution in [-0.4, -0.2) is 29.3 Å². The summed E-state index contributed by atoms with van der Waals surface area (Å²) >= 11 is 4.81. The minimum absolute atomic E-state index is 0.0374. The maximum atomic E-state index is 12.0. The molecule has 0 aliphatic carbocycles. The highest BCUT2D eigenvalue weighted by atomic mass is 79.9. The van der Waals surface area contributed by atoms with Gasteiger partial charge in [0, 0.05) is 16.5 Å². The second kappa shape index (κ2) is 7.74. The van der Waals surface area contributed by atoms with Crippen LogP contribution in [0.25, 0.3) is 10.1 Å². The van der Waals surface area contributed by atoms with Crippen molar-refractivity contribution in [2.75, 3.05) is 12.4 Å². The molecule has 0 spiro atoms. The molecule has 6 heteroatoms. The smallest absolute Gasteiger partial charge is 0.303 e. The molecule has 0 saturated heterocycles. The molecule has 4 nitrogen and oxygen atoms in total. The Morgan fingerprint density at radius 2 is 2.05 bits per heavy atom. The van der Waals surface area contributed by atoms with Crippen LogP contribution in [0.4, 0.5) is 0 Å². The molecule has 1 heterocycles. The third-order valence-electron chi connectivity index (χ3n) is 3.34. The van der Waals surface area contributed by atoms with Crippen LogP contribution in [0.1, 0.15) is 34.5 Å². The zero-order valence-corrected chi connectivity index (χ0v) is 14.6. The SMILES string of the molecule is COc1cc2sc(C(=O)CCC(=O)O)cc2cc1CCCBr. The number of thiophene rings is 1. The van der Waals surface area contributed by atoms with E-state index in [1.165, 1.54) is 11.3 Å². The van der Waals surface area contributed by atoms with E-state index < -0.39 is 5.97 Å². The molecule has 1 N–H and O–H groups in total. The number of carboxylic acids is 1. The first kappa shape index (κ1) is 17.0. The van der Waals surface area contributed by atoms with E-state index in [2.05, 4.69) is 22.0 Å². The molecule has 0 radical (unpaired) electrons. The van der Waals surface area contributed by atoms with Gasteiger partial charge in [-0.1, -0.05) is 15.9 Å². The molecule has 0 bridgehead atoms. The zero-order valence-electron chi connectivity index (χ0n) is 12.2. The number of halogens is 1. The van der Waals surface area contributed by atoms with E-state index in [0.29, 0.717) is 4.88 Å². The van der Waals surface area contributed by atoms with Gasteiger partial charge in [-0.3, -0.25) is 9.59 Å². The fraction of sp³-hybridized carbons (Fsp3) is 0.375. The number of carbonyl (C=O) groups is 2. The third kappa shape index (κ3) is 4.08. The minimum Gasteiger partial charge on any atom is -0.496 e. The molecule has 0 unspecified atom stereocenters. The lowest BCUT2D eigenvalue weighted by Crippen LogP contribution is -2.01. The van der Waals surface area contributed by atoms with Gasteiger partial charge in [0.05, 0.1) is 18.4 Å². The second-order valence-electron chi connectivity index (χ2n) is 4.92. The van der Waals surface area contributed by atoms with Gasteiger partial charge < -0.3 is 9.84 Å². The fourth-order valence-electron chi connectivity index (χ4n) is 2.24. The van der Waals surface area contributed by atoms with Crippen molar-refractivity contribution >= 4 is 49.1 Å². The summed E-state index contributed by atoms with van der Waals surface area (Å²) < 4.78 is 6.41. The Hall–Kier alpha value is -1.40. The topological polar surface area (TPSA) is 63.6 Å². The number of carboxylic acid groups (broad SMARTS) is 1. The molecule has 0 saturated carbocycles. The number of hydrogen-bond donors (Lipinski definition) is 1. The molecule has 2 aromatic rings. The van der Waals surface area contributed by atoms with Crippen LogP contribution in [0.15, 0.2) is 18.2 Å². The Balaban J connectivity index is 2.29. The number of aliphatic carboxylic acids is 1. The molecule has 0 aliphatic heterocycles. The lowest BCUT2D eigenvalue weighted by Gasteiger charge is -2.07. The van der Waals surface area contributed by atoms with E-state index in [9.17, 15) is 9.59 Å². The Labute approximate surface area is 141 Å². The maximum Gasteiger partial charge on any atom is 0.303 e. The summed E-state index contributed by atoms with van der Waals surface area (Å²) in [6, 6.07) is 5.86. The van der Waals surface area contributed by atoms with Crippen molar-refractivity contribution in [3.8, 4) is 5.75 Å². The van der Waals surface area contributed by atoms with Gasteiger partial charge in [-0.2, -0.15) is 0 Å². The van der Waals surface area contributed by atoms with Gasteiger partial charge in [0.25, 0.3) is 0 Å². The lowest BCUT2D eigenvalue weighted by atomic mass is 10.1. The van der Waals surface area contributed by atoms with Crippen molar-refractivity contribution in [1.29, 1.82) is 0 Å². The van der Waals surface area contributed by atoms with Crippen LogP contribution < -0.4 is 4.74 Å². The van der Waals surface area contributed by atoms with Crippen molar-refractivity contribution in [2.24, 2.45) is 0 Å². The summed E-state index contributed by atoms with van der Waals surface area (Å²) in [6.45, 7) is 0. The summed E-state index contributed by atoms with van der Waals surface area (Å²) in [4.78, 5) is 23.2. The number of methoxy groups -OCH3 is 1. The average Bonchev–Trinajstić information content (AvgIpc) is 2.92. The summed E-state index contributed by atoms with van der Waals surface area (Å²) in [5.74, 6) is -0.238. The minimum atomic E-state index is -0.951. The molecular weight excluding hydrogens is 368 g/mol. The van der Waals surface area contributed by atoms with Gasteiger partial charge in [-0.15, -0.1) is 11.3 Å². The first-order valence-corrected chi connectivity index (χ1v) is 8.90. The van der Waals surface area contributed by atoms with Crippen molar-refractivity contribution in [2.45, 2.75) is 25.7 Å². The van der Waals surface area contributed by atoms with Gasteiger partial charge in [-0.25, -0.2) is 0 Å². The van der Waals surface area contributed by atoms with Crippen molar-refractivity contribution in [1.82, 2.24) is 0 Å². The third-order valence-corrected chi connectivity index (χ3v) is 5.04. The van der Waals surface area contributed by atoms with Gasteiger partial charge in [-0.05, 0) is 42.0 Å². The molecule has 22 heavy (non-hydrogen) atoms. The molecule has 0 fully saturated rings. The number of ether oxygens (including phenoxy) is 1. The van der Waals surface area contributed by atoms with Crippen LogP contribution in [0, 0.1) is 0 Å². The van der Waals surface area contributed by atoms with E-state index in [1.54, 1.807) is 7.11 Å². The number of Topliss-reactive ketones (excluding diaryl/α,β-unsaturated/α-hetero) is 1. The van der Waals surface area contributed by atoms with E-state index in [-0.39, 0.29) is 18.6 Å². The number of aryl methyl sites for hydroxylation is 1. The highest BCUT2D eigenvalue weighted by Gasteiger charge is 2.14. The van der Waals surface area contributed by atoms with Crippen LogP contribution >= 0.6 is 27.3 Å². The maximum absolute atomic E-state index is 12.0. The van der Waals surface area contributed by atoms with Gasteiger partial charge >= 0.3 is 5.97 Å². The van der Waals surface area contributed by atoms with E-state index in [4.69, 9.17) is 9.84 Å². The number of benzene rings is 1. The highest BCUT2D eigenvalue weighted by molar-refractivity contribution is 9.09. The van der Waals surface area contributed by atoms with E-state index in [1.807, 2.05) is 12.1 Å². The first-order chi connectivity index (χ1) is 10.5. The molecule has 0 amide bonds. The quantitative estimate of drug-likeness (QED) is 0.544. The summed E-state index contributed by atoms with van der Waals surface area (Å²) in [5.41, 5.74) is 1.12. The van der Waals surface area contributed by atoms with Crippen LogP contribution in [0.3, 0.4) is 0 Å². The predicted octanol–water partition coefficient (Wildman–Crippen LogP) is 4.28. The first-order valence-electron chi connectivity index (χ1n) is 6.96. The predicted molar refractivity (Wildman–Crippen MR) is 91.7 cm³/mol. The van der Waals surface area contributed by atoms with E-state index in [0.717, 1.165) is 39.6 Å². The largest absolute Gasteiger partial charge is 0.496 e. The Morgan fingerprint density at radius 3 is 2.68 bits per heavy atom. The number of rotatable bonds is 8. The summed E-state index contributed by atoms with van der Waals surface area (Å²) in [6.07, 6.45) is 1.82. The molecule has 118 valence electrons. The Bertz CT molecular complexity index is 693. The number of ketones is 1. The summed E-state index contributed by atoms with van der Waals surface area (Å²) in [5, 5.41) is 10.6. The van der Waals surface area contributed by atoms with Crippen LogP contribution in [0.5, 0.6) is 5.75 Å². The number of fused-ring (bicyclic) bond motifs is 1. The average molecular weight is 385 g/mol. The molecule has 0 atom stereocenters. The van der Waals surface area contributed by atoms with Crippen molar-refractivity contribution < 1.29 is 19.4 Å². The molecule has 1 aromatic heterocycles. The molecular formula is C16H17BrO4S. The van der Waals surface area contributed by atoms with Crippen molar-refractivity contribution in [3.05, 3.63) is 28.6 Å². The Morgan fingerprint density at radius 1 is 1.27 bits per heavy atom. The van der Waals surface area contributed by atoms with Crippen LogP contribution in [-0.2, 0) is 11.2 Å². The standard InChI is InChI=1S/C16H17BrO4S/c1-21-13-9-14-11(7-10(13)3-2-6-17)8-15(22-14)12(18)4-5-16(19)20/h7-9H,2-6H2,1H3,(H,19,20). The van der Waals surface area contributed by atoms with Gasteiger partial charge in [0.2, 0.25) is 0 Å². The fourth-order valence-corrected chi connectivity index (χ4v) is 3.56. The monoisotopic (exact) mass is 384 g/mol. The number of alkyl halides is 1. The van der Waals surface area contributed by atoms with E-state index >= 15 is 0 Å². The molecule has 1 aromatic carbocycles. The van der Waals surface area contributed by atoms with Gasteiger partial charge in [0.1, 0.15) is 5.75 Å².